The van der Waals surface area contributed by atoms with Gasteiger partial charge in [0, 0.05) is 16.4 Å². The largest absolute Gasteiger partial charge is 0.472 e. The van der Waals surface area contributed by atoms with E-state index in [1.165, 1.54) is 16.1 Å². The quantitative estimate of drug-likeness (QED) is 0.677. The van der Waals surface area contributed by atoms with Crippen LogP contribution in [-0.2, 0) is 0 Å². The monoisotopic (exact) mass is 259 g/mol. The summed E-state index contributed by atoms with van der Waals surface area (Å²) in [6, 6.07) is 0. The van der Waals surface area contributed by atoms with Crippen LogP contribution in [0.5, 0.6) is 0 Å². The Kier molecular flexibility index (Phi) is 3.56. The Morgan fingerprint density at radius 2 is 2.46 bits per heavy atom. The van der Waals surface area contributed by atoms with Crippen molar-refractivity contribution in [2.75, 3.05) is 5.75 Å². The molecule has 0 saturated carbocycles. The molecule has 8 heteroatoms. The molecule has 4 nitrogen and oxygen atoms in total. The van der Waals surface area contributed by atoms with Crippen molar-refractivity contribution in [2.24, 2.45) is 0 Å². The number of carbonyl (C=O) groups is 2. The van der Waals surface area contributed by atoms with Crippen LogP contribution in [0.3, 0.4) is 0 Å². The molecule has 74 valence electrons. The molecule has 2 atom stereocenters. The van der Waals surface area contributed by atoms with Gasteiger partial charge in [-0.2, -0.15) is 0 Å². The SMILES string of the molecule is Cl.O=C1S[C@@H]2SCC=S(C(=O)O)N12. The third-order valence-electron chi connectivity index (χ3n) is 1.43. The van der Waals surface area contributed by atoms with Crippen LogP contribution in [0, 0.1) is 0 Å². The average molecular weight is 260 g/mol. The van der Waals surface area contributed by atoms with E-state index >= 15 is 0 Å². The Labute approximate surface area is 91.9 Å². The predicted molar refractivity (Wildman–Crippen MR) is 60.0 cm³/mol. The van der Waals surface area contributed by atoms with Gasteiger partial charge in [-0.1, -0.05) is 0 Å². The van der Waals surface area contributed by atoms with Crippen LogP contribution >= 0.6 is 46.6 Å². The Balaban J connectivity index is 0.000000845. The number of amides is 1. The molecule has 2 heterocycles. The van der Waals surface area contributed by atoms with E-state index in [4.69, 9.17) is 5.11 Å². The van der Waals surface area contributed by atoms with E-state index in [2.05, 4.69) is 0 Å². The number of rotatable bonds is 0. The second-order valence-electron chi connectivity index (χ2n) is 2.10. The number of thioether (sulfide) groups is 2. The van der Waals surface area contributed by atoms with Gasteiger partial charge in [0.15, 0.2) is 0 Å². The number of hydrogen-bond donors (Lipinski definition) is 1. The van der Waals surface area contributed by atoms with Crippen molar-refractivity contribution in [3.8, 4) is 0 Å². The molecular weight excluding hydrogens is 254 g/mol. The molecule has 1 N–H and O–H groups in total. The first-order valence-corrected chi connectivity index (χ1v) is 6.28. The highest BCUT2D eigenvalue weighted by atomic mass is 35.5. The van der Waals surface area contributed by atoms with E-state index in [1.807, 2.05) is 0 Å². The van der Waals surface area contributed by atoms with Gasteiger partial charge in [-0.25, -0.2) is 4.79 Å². The molecule has 0 aliphatic carbocycles. The van der Waals surface area contributed by atoms with Gasteiger partial charge in [-0.15, -0.1) is 24.2 Å². The molecule has 2 aliphatic rings. The minimum atomic E-state index is -0.981. The zero-order valence-electron chi connectivity index (χ0n) is 6.21. The molecule has 13 heavy (non-hydrogen) atoms. The minimum Gasteiger partial charge on any atom is -0.472 e. The van der Waals surface area contributed by atoms with Crippen LogP contribution < -0.4 is 0 Å². The summed E-state index contributed by atoms with van der Waals surface area (Å²) in [7, 11) is -0.981. The normalized spacial score (nSPS) is 30.8. The standard InChI is InChI=1S/C5H5NO3S3.ClH/c7-3-6-4(11-3)10-1-2-12(6)5(8)9;/h2,4H,1H2,(H,8,9);1H/t4-,12?;/m0./s1. The molecule has 0 bridgehead atoms. The van der Waals surface area contributed by atoms with Crippen molar-refractivity contribution in [3.05, 3.63) is 0 Å². The third-order valence-corrected chi connectivity index (χ3v) is 6.03. The fraction of sp³-hybridized carbons (Fsp3) is 0.400. The van der Waals surface area contributed by atoms with E-state index in [9.17, 15) is 9.59 Å². The van der Waals surface area contributed by atoms with E-state index in [0.29, 0.717) is 0 Å². The number of carboxylic acid groups (broad SMARTS) is 1. The molecule has 2 aliphatic heterocycles. The summed E-state index contributed by atoms with van der Waals surface area (Å²) in [5, 5.41) is 9.40. The summed E-state index contributed by atoms with van der Waals surface area (Å²) in [5.41, 5.74) is 0. The lowest BCUT2D eigenvalue weighted by Crippen LogP contribution is -2.44. The van der Waals surface area contributed by atoms with Crippen molar-refractivity contribution in [1.82, 2.24) is 4.31 Å². The summed E-state index contributed by atoms with van der Waals surface area (Å²) in [6.45, 7) is 0. The van der Waals surface area contributed by atoms with E-state index in [0.717, 1.165) is 5.75 Å². The van der Waals surface area contributed by atoms with Crippen LogP contribution in [0.4, 0.5) is 9.59 Å². The van der Waals surface area contributed by atoms with Crippen LogP contribution in [0.15, 0.2) is 0 Å². The Morgan fingerprint density at radius 1 is 1.77 bits per heavy atom. The third kappa shape index (κ3) is 1.83. The molecule has 2 rings (SSSR count). The molecule has 0 aromatic rings. The Bertz CT molecular complexity index is 295. The van der Waals surface area contributed by atoms with Crippen molar-refractivity contribution in [1.29, 1.82) is 0 Å². The van der Waals surface area contributed by atoms with Gasteiger partial charge in [0.05, 0.1) is 0 Å². The van der Waals surface area contributed by atoms with Gasteiger partial charge in [0.1, 0.15) is 4.71 Å². The highest BCUT2D eigenvalue weighted by Crippen LogP contribution is 2.49. The van der Waals surface area contributed by atoms with Crippen LogP contribution in [0.1, 0.15) is 0 Å². The molecule has 1 saturated heterocycles. The smallest absolute Gasteiger partial charge is 0.378 e. The highest BCUT2D eigenvalue weighted by molar-refractivity contribution is 8.35. The van der Waals surface area contributed by atoms with Crippen LogP contribution in [-0.4, -0.2) is 35.8 Å². The van der Waals surface area contributed by atoms with E-state index in [1.54, 1.807) is 17.1 Å². The lowest BCUT2D eigenvalue weighted by molar-refractivity contribution is 0.219. The number of fused-ring (bicyclic) bond motifs is 1. The molecule has 1 unspecified atom stereocenters. The van der Waals surface area contributed by atoms with Gasteiger partial charge in [0.2, 0.25) is 0 Å². The zero-order valence-corrected chi connectivity index (χ0v) is 9.47. The highest BCUT2D eigenvalue weighted by Gasteiger charge is 2.43. The fourth-order valence-corrected chi connectivity index (χ4v) is 5.43. The second-order valence-corrected chi connectivity index (χ2v) is 6.25. The first-order valence-electron chi connectivity index (χ1n) is 3.11. The summed E-state index contributed by atoms with van der Waals surface area (Å²) >= 11 is 2.80. The Hall–Kier alpha value is 0.150. The van der Waals surface area contributed by atoms with Crippen molar-refractivity contribution in [3.63, 3.8) is 0 Å². The molecule has 0 radical (unpaired) electrons. The molecule has 0 spiro atoms. The molecule has 0 aromatic heterocycles. The average Bonchev–Trinajstić information content (AvgIpc) is 2.01. The summed E-state index contributed by atoms with van der Waals surface area (Å²) in [6.07, 6.45) is 0. The topological polar surface area (TPSA) is 57.6 Å². The molecule has 1 fully saturated rings. The van der Waals surface area contributed by atoms with Gasteiger partial charge < -0.3 is 5.11 Å². The Morgan fingerprint density at radius 3 is 2.92 bits per heavy atom. The number of halogens is 1. The first kappa shape index (κ1) is 11.2. The number of carbonyl (C=O) groups excluding carboxylic acids is 1. The lowest BCUT2D eigenvalue weighted by atomic mass is 11.0. The first-order chi connectivity index (χ1) is 5.70. The van der Waals surface area contributed by atoms with E-state index < -0.39 is 16.0 Å². The summed E-state index contributed by atoms with van der Waals surface area (Å²) < 4.78 is 1.48. The van der Waals surface area contributed by atoms with Gasteiger partial charge in [-0.3, -0.25) is 9.10 Å². The van der Waals surface area contributed by atoms with Crippen molar-refractivity contribution in [2.45, 2.75) is 4.71 Å². The van der Waals surface area contributed by atoms with Crippen molar-refractivity contribution >= 4 is 62.5 Å². The molecule has 0 aromatic carbocycles. The zero-order chi connectivity index (χ0) is 8.72. The van der Waals surface area contributed by atoms with Crippen LogP contribution in [0.2, 0.25) is 0 Å². The molecular formula is C5H6ClNO3S3. The minimum absolute atomic E-state index is 0. The maximum Gasteiger partial charge on any atom is 0.378 e. The van der Waals surface area contributed by atoms with Crippen LogP contribution in [0.25, 0.3) is 0 Å². The van der Waals surface area contributed by atoms with Gasteiger partial charge in [0.25, 0.3) is 5.24 Å². The van der Waals surface area contributed by atoms with Gasteiger partial charge >= 0.3 is 5.30 Å². The van der Waals surface area contributed by atoms with Crippen molar-refractivity contribution < 1.29 is 14.7 Å². The predicted octanol–water partition coefficient (Wildman–Crippen LogP) is 2.27. The van der Waals surface area contributed by atoms with Gasteiger partial charge in [-0.05, 0) is 17.1 Å². The number of hydrogen-bond acceptors (Lipinski definition) is 4. The molecule has 1 amide bonds. The lowest BCUT2D eigenvalue weighted by Gasteiger charge is -2.40. The number of nitrogens with zero attached hydrogens (tertiary/aromatic N) is 1. The second kappa shape index (κ2) is 4.12. The summed E-state index contributed by atoms with van der Waals surface area (Å²) in [5.74, 6) is 0.719. The fourth-order valence-electron chi connectivity index (χ4n) is 0.919. The maximum absolute atomic E-state index is 11.0. The van der Waals surface area contributed by atoms with E-state index in [-0.39, 0.29) is 22.4 Å². The summed E-state index contributed by atoms with van der Waals surface area (Å²) in [4.78, 5) is 21.6. The maximum atomic E-state index is 11.0.